The number of alkyl halides is 3. The second kappa shape index (κ2) is 2.93. The Morgan fingerprint density at radius 3 is 2.25 bits per heavy atom. The molecule has 0 saturated carbocycles. The molecular weight excluding hydrogens is 237 g/mol. The maximum Gasteiger partial charge on any atom is 0.419 e. The van der Waals surface area contributed by atoms with Gasteiger partial charge in [0.15, 0.2) is 0 Å². The van der Waals surface area contributed by atoms with Gasteiger partial charge in [-0.25, -0.2) is 0 Å². The SMILES string of the molecule is Nc1cncc(Br)c1C(F)(F)F. The summed E-state index contributed by atoms with van der Waals surface area (Å²) in [5, 5.41) is 0. The summed E-state index contributed by atoms with van der Waals surface area (Å²) in [6, 6.07) is 0. The Morgan fingerprint density at radius 2 is 1.92 bits per heavy atom. The van der Waals surface area contributed by atoms with Crippen LogP contribution in [0.1, 0.15) is 5.56 Å². The average molecular weight is 241 g/mol. The quantitative estimate of drug-likeness (QED) is 0.757. The molecule has 1 rings (SSSR count). The average Bonchev–Trinajstić information content (AvgIpc) is 1.82. The number of pyridine rings is 1. The van der Waals surface area contributed by atoms with Crippen molar-refractivity contribution in [3.8, 4) is 0 Å². The van der Waals surface area contributed by atoms with E-state index in [1.54, 1.807) is 0 Å². The third-order valence-corrected chi connectivity index (χ3v) is 1.81. The molecule has 66 valence electrons. The number of nitrogens with two attached hydrogens (primary N) is 1. The minimum absolute atomic E-state index is 0.144. The fourth-order valence-corrected chi connectivity index (χ4v) is 1.32. The maximum atomic E-state index is 12.2. The summed E-state index contributed by atoms with van der Waals surface area (Å²) in [5.41, 5.74) is 3.84. The van der Waals surface area contributed by atoms with Crippen LogP contribution in [-0.2, 0) is 6.18 Å². The predicted octanol–water partition coefficient (Wildman–Crippen LogP) is 2.45. The van der Waals surface area contributed by atoms with E-state index in [1.165, 1.54) is 0 Å². The van der Waals surface area contributed by atoms with E-state index in [0.717, 1.165) is 12.4 Å². The molecule has 2 nitrogen and oxygen atoms in total. The lowest BCUT2D eigenvalue weighted by Gasteiger charge is -2.10. The lowest BCUT2D eigenvalue weighted by atomic mass is 10.2. The van der Waals surface area contributed by atoms with Crippen LogP contribution in [0.25, 0.3) is 0 Å². The van der Waals surface area contributed by atoms with Crippen molar-refractivity contribution in [2.24, 2.45) is 0 Å². The molecule has 0 aliphatic carbocycles. The molecule has 0 amide bonds. The van der Waals surface area contributed by atoms with Crippen molar-refractivity contribution in [2.75, 3.05) is 5.73 Å². The van der Waals surface area contributed by atoms with Gasteiger partial charge in [0, 0.05) is 6.20 Å². The first kappa shape index (κ1) is 9.31. The lowest BCUT2D eigenvalue weighted by Crippen LogP contribution is -2.10. The fourth-order valence-electron chi connectivity index (χ4n) is 0.749. The molecule has 0 aromatic carbocycles. The Labute approximate surface area is 74.7 Å². The minimum Gasteiger partial charge on any atom is -0.397 e. The van der Waals surface area contributed by atoms with Crippen molar-refractivity contribution in [1.29, 1.82) is 0 Å². The van der Waals surface area contributed by atoms with Crippen LogP contribution in [0, 0.1) is 0 Å². The highest BCUT2D eigenvalue weighted by Crippen LogP contribution is 2.37. The van der Waals surface area contributed by atoms with Crippen molar-refractivity contribution in [3.05, 3.63) is 22.4 Å². The molecule has 0 atom stereocenters. The van der Waals surface area contributed by atoms with Gasteiger partial charge in [-0.3, -0.25) is 4.98 Å². The molecule has 0 radical (unpaired) electrons. The topological polar surface area (TPSA) is 38.9 Å². The molecule has 0 aliphatic heterocycles. The van der Waals surface area contributed by atoms with Crippen molar-refractivity contribution < 1.29 is 13.2 Å². The Morgan fingerprint density at radius 1 is 1.33 bits per heavy atom. The number of hydrogen-bond donors (Lipinski definition) is 1. The Hall–Kier alpha value is -0.780. The van der Waals surface area contributed by atoms with E-state index in [2.05, 4.69) is 20.9 Å². The van der Waals surface area contributed by atoms with Gasteiger partial charge < -0.3 is 5.73 Å². The third kappa shape index (κ3) is 1.69. The number of nitrogens with zero attached hydrogens (tertiary/aromatic N) is 1. The molecule has 6 heteroatoms. The normalized spacial score (nSPS) is 11.7. The van der Waals surface area contributed by atoms with Crippen LogP contribution >= 0.6 is 15.9 Å². The van der Waals surface area contributed by atoms with Gasteiger partial charge in [0.1, 0.15) is 0 Å². The number of rotatable bonds is 0. The van der Waals surface area contributed by atoms with E-state index in [9.17, 15) is 13.2 Å². The fraction of sp³-hybridized carbons (Fsp3) is 0.167. The molecule has 0 fully saturated rings. The molecule has 2 N–H and O–H groups in total. The van der Waals surface area contributed by atoms with E-state index < -0.39 is 11.7 Å². The molecule has 1 heterocycles. The molecule has 0 unspecified atom stereocenters. The molecule has 0 saturated heterocycles. The van der Waals surface area contributed by atoms with Gasteiger partial charge in [0.2, 0.25) is 0 Å². The molecule has 1 aromatic heterocycles. The summed E-state index contributed by atoms with van der Waals surface area (Å²) in [6.07, 6.45) is -2.42. The highest BCUT2D eigenvalue weighted by atomic mass is 79.9. The van der Waals surface area contributed by atoms with Gasteiger partial charge in [-0.05, 0) is 15.9 Å². The number of hydrogen-bond acceptors (Lipinski definition) is 2. The number of halogens is 4. The van der Waals surface area contributed by atoms with Gasteiger partial charge in [0.25, 0.3) is 0 Å². The third-order valence-electron chi connectivity index (χ3n) is 1.21. The second-order valence-corrected chi connectivity index (χ2v) is 2.94. The number of aromatic nitrogens is 1. The Kier molecular flexibility index (Phi) is 2.27. The van der Waals surface area contributed by atoms with Crippen molar-refractivity contribution in [2.45, 2.75) is 6.18 Å². The zero-order chi connectivity index (χ0) is 9.35. The summed E-state index contributed by atoms with van der Waals surface area (Å²) in [7, 11) is 0. The number of anilines is 1. The lowest BCUT2D eigenvalue weighted by molar-refractivity contribution is -0.137. The Bertz CT molecular complexity index is 277. The molecular formula is C6H4BrF3N2. The standard InChI is InChI=1S/C6H4BrF3N2/c7-3-1-12-2-4(11)5(3)6(8,9)10/h1-2H,11H2. The summed E-state index contributed by atoms with van der Waals surface area (Å²) in [4.78, 5) is 3.49. The summed E-state index contributed by atoms with van der Waals surface area (Å²) >= 11 is 2.72. The molecule has 0 bridgehead atoms. The first-order valence-corrected chi connectivity index (χ1v) is 3.68. The maximum absolute atomic E-state index is 12.2. The van der Waals surface area contributed by atoms with Gasteiger partial charge in [-0.1, -0.05) is 0 Å². The van der Waals surface area contributed by atoms with Crippen LogP contribution in [-0.4, -0.2) is 4.98 Å². The zero-order valence-electron chi connectivity index (χ0n) is 5.69. The van der Waals surface area contributed by atoms with Crippen LogP contribution < -0.4 is 5.73 Å². The molecule has 1 aromatic rings. The van der Waals surface area contributed by atoms with E-state index in [-0.39, 0.29) is 10.2 Å². The van der Waals surface area contributed by atoms with Crippen LogP contribution in [0.15, 0.2) is 16.9 Å². The van der Waals surface area contributed by atoms with Crippen molar-refractivity contribution >= 4 is 21.6 Å². The smallest absolute Gasteiger partial charge is 0.397 e. The molecule has 12 heavy (non-hydrogen) atoms. The minimum atomic E-state index is -4.44. The largest absolute Gasteiger partial charge is 0.419 e. The monoisotopic (exact) mass is 240 g/mol. The van der Waals surface area contributed by atoms with E-state index >= 15 is 0 Å². The van der Waals surface area contributed by atoms with Gasteiger partial charge in [0.05, 0.1) is 21.9 Å². The van der Waals surface area contributed by atoms with Crippen LogP contribution in [0.2, 0.25) is 0 Å². The van der Waals surface area contributed by atoms with Gasteiger partial charge in [-0.2, -0.15) is 13.2 Å². The first-order chi connectivity index (χ1) is 5.43. The summed E-state index contributed by atoms with van der Waals surface area (Å²) in [5.74, 6) is 0. The highest BCUT2D eigenvalue weighted by Gasteiger charge is 2.35. The second-order valence-electron chi connectivity index (χ2n) is 2.08. The van der Waals surface area contributed by atoms with Crippen LogP contribution in [0.4, 0.5) is 18.9 Å². The molecule has 0 spiro atoms. The summed E-state index contributed by atoms with van der Waals surface area (Å²) in [6.45, 7) is 0. The number of nitrogen functional groups attached to an aromatic ring is 1. The Balaban J connectivity index is 3.31. The molecule has 0 aliphatic rings. The van der Waals surface area contributed by atoms with Crippen LogP contribution in [0.3, 0.4) is 0 Å². The van der Waals surface area contributed by atoms with E-state index in [0.29, 0.717) is 0 Å². The van der Waals surface area contributed by atoms with E-state index in [4.69, 9.17) is 5.73 Å². The zero-order valence-corrected chi connectivity index (χ0v) is 7.28. The van der Waals surface area contributed by atoms with Gasteiger partial charge >= 0.3 is 6.18 Å². The predicted molar refractivity (Wildman–Crippen MR) is 41.4 cm³/mol. The highest BCUT2D eigenvalue weighted by molar-refractivity contribution is 9.10. The van der Waals surface area contributed by atoms with Crippen LogP contribution in [0.5, 0.6) is 0 Å². The summed E-state index contributed by atoms with van der Waals surface area (Å²) < 4.78 is 36.4. The van der Waals surface area contributed by atoms with Gasteiger partial charge in [-0.15, -0.1) is 0 Å². The van der Waals surface area contributed by atoms with E-state index in [1.807, 2.05) is 0 Å². The van der Waals surface area contributed by atoms with Crippen molar-refractivity contribution in [3.63, 3.8) is 0 Å². The first-order valence-electron chi connectivity index (χ1n) is 2.89. The van der Waals surface area contributed by atoms with Crippen molar-refractivity contribution in [1.82, 2.24) is 4.98 Å².